The van der Waals surface area contributed by atoms with Crippen molar-refractivity contribution in [2.75, 3.05) is 18.8 Å². The van der Waals surface area contributed by atoms with Crippen molar-refractivity contribution in [3.63, 3.8) is 0 Å². The Morgan fingerprint density at radius 2 is 2.28 bits per heavy atom. The van der Waals surface area contributed by atoms with Crippen molar-refractivity contribution in [1.29, 1.82) is 0 Å². The Labute approximate surface area is 116 Å². The highest BCUT2D eigenvalue weighted by Crippen LogP contribution is 2.27. The molecule has 0 spiro atoms. The van der Waals surface area contributed by atoms with Gasteiger partial charge in [-0.25, -0.2) is 13.4 Å². The van der Waals surface area contributed by atoms with Crippen LogP contribution in [0, 0.1) is 5.92 Å². The minimum Gasteiger partial charge on any atom is -0.383 e. The van der Waals surface area contributed by atoms with Crippen LogP contribution in [0.1, 0.15) is 19.8 Å². The first-order chi connectivity index (χ1) is 8.41. The van der Waals surface area contributed by atoms with Crippen molar-refractivity contribution in [3.05, 3.63) is 16.7 Å². The van der Waals surface area contributed by atoms with Crippen molar-refractivity contribution in [3.8, 4) is 0 Å². The molecule has 2 rings (SSSR count). The van der Waals surface area contributed by atoms with Crippen LogP contribution in [0.25, 0.3) is 0 Å². The Bertz CT molecular complexity index is 547. The van der Waals surface area contributed by atoms with Crippen LogP contribution in [-0.4, -0.2) is 30.8 Å². The number of pyridine rings is 1. The van der Waals surface area contributed by atoms with E-state index in [0.717, 1.165) is 12.8 Å². The summed E-state index contributed by atoms with van der Waals surface area (Å²) in [5.74, 6) is 0.436. The van der Waals surface area contributed by atoms with Gasteiger partial charge in [0.15, 0.2) is 0 Å². The molecule has 100 valence electrons. The SMILES string of the molecule is C[C@@H]1CCCN(S(=O)(=O)c2cc(Br)cnc2N)C1. The molecular weight excluding hydrogens is 318 g/mol. The molecular formula is C11H16BrN3O2S. The first kappa shape index (κ1) is 13.8. The highest BCUT2D eigenvalue weighted by atomic mass is 79.9. The van der Waals surface area contributed by atoms with Crippen molar-refractivity contribution in [2.45, 2.75) is 24.7 Å². The van der Waals surface area contributed by atoms with Crippen molar-refractivity contribution < 1.29 is 8.42 Å². The maximum absolute atomic E-state index is 12.5. The first-order valence-electron chi connectivity index (χ1n) is 5.82. The summed E-state index contributed by atoms with van der Waals surface area (Å²) >= 11 is 3.22. The number of hydrogen-bond acceptors (Lipinski definition) is 4. The van der Waals surface area contributed by atoms with Gasteiger partial charge in [0.1, 0.15) is 10.7 Å². The van der Waals surface area contributed by atoms with E-state index in [1.165, 1.54) is 16.6 Å². The molecule has 1 aromatic rings. The molecule has 18 heavy (non-hydrogen) atoms. The number of nitrogens with zero attached hydrogens (tertiary/aromatic N) is 2. The monoisotopic (exact) mass is 333 g/mol. The maximum atomic E-state index is 12.5. The molecule has 7 heteroatoms. The minimum atomic E-state index is -3.53. The lowest BCUT2D eigenvalue weighted by Crippen LogP contribution is -2.39. The van der Waals surface area contributed by atoms with E-state index >= 15 is 0 Å². The zero-order chi connectivity index (χ0) is 13.3. The number of anilines is 1. The number of hydrogen-bond donors (Lipinski definition) is 1. The van der Waals surface area contributed by atoms with E-state index in [1.54, 1.807) is 0 Å². The lowest BCUT2D eigenvalue weighted by atomic mass is 10.0. The number of nitrogens with two attached hydrogens (primary N) is 1. The molecule has 2 N–H and O–H groups in total. The van der Waals surface area contributed by atoms with Gasteiger partial charge in [0, 0.05) is 23.8 Å². The molecule has 0 radical (unpaired) electrons. The third-order valence-electron chi connectivity index (χ3n) is 3.09. The topological polar surface area (TPSA) is 76.3 Å². The average Bonchev–Trinajstić information content (AvgIpc) is 2.32. The third-order valence-corrected chi connectivity index (χ3v) is 5.41. The van der Waals surface area contributed by atoms with E-state index in [2.05, 4.69) is 27.8 Å². The summed E-state index contributed by atoms with van der Waals surface area (Å²) in [6.45, 7) is 3.16. The summed E-state index contributed by atoms with van der Waals surface area (Å²) in [7, 11) is -3.53. The second kappa shape index (κ2) is 5.14. The Morgan fingerprint density at radius 3 is 2.94 bits per heavy atom. The highest BCUT2D eigenvalue weighted by Gasteiger charge is 2.30. The summed E-state index contributed by atoms with van der Waals surface area (Å²) < 4.78 is 27.1. The van der Waals surface area contributed by atoms with E-state index in [1.807, 2.05) is 0 Å². The molecule has 0 unspecified atom stereocenters. The Kier molecular flexibility index (Phi) is 3.93. The average molecular weight is 334 g/mol. The van der Waals surface area contributed by atoms with Crippen molar-refractivity contribution in [1.82, 2.24) is 9.29 Å². The fourth-order valence-electron chi connectivity index (χ4n) is 2.14. The number of halogens is 1. The molecule has 5 nitrogen and oxygen atoms in total. The van der Waals surface area contributed by atoms with Gasteiger partial charge in [-0.2, -0.15) is 4.31 Å². The van der Waals surface area contributed by atoms with Crippen LogP contribution >= 0.6 is 15.9 Å². The van der Waals surface area contributed by atoms with E-state index in [9.17, 15) is 8.42 Å². The molecule has 2 heterocycles. The lowest BCUT2D eigenvalue weighted by molar-refractivity contribution is 0.281. The number of piperidine rings is 1. The van der Waals surface area contributed by atoms with Crippen LogP contribution in [0.5, 0.6) is 0 Å². The number of sulfonamides is 1. The zero-order valence-electron chi connectivity index (χ0n) is 10.1. The molecule has 1 aliphatic heterocycles. The second-order valence-corrected chi connectivity index (χ2v) is 7.47. The van der Waals surface area contributed by atoms with Crippen LogP contribution in [0.3, 0.4) is 0 Å². The molecule has 1 fully saturated rings. The fourth-order valence-corrected chi connectivity index (χ4v) is 4.32. The number of rotatable bonds is 2. The van der Waals surface area contributed by atoms with Gasteiger partial charge in [-0.15, -0.1) is 0 Å². The Hall–Kier alpha value is -0.660. The normalized spacial score (nSPS) is 22.0. The molecule has 0 amide bonds. The quantitative estimate of drug-likeness (QED) is 0.895. The summed E-state index contributed by atoms with van der Waals surface area (Å²) in [6, 6.07) is 1.51. The van der Waals surface area contributed by atoms with Crippen LogP contribution < -0.4 is 5.73 Å². The minimum absolute atomic E-state index is 0.0522. The standard InChI is InChI=1S/C11H16BrN3O2S/c1-8-3-2-4-15(7-8)18(16,17)10-5-9(12)6-14-11(10)13/h5-6,8H,2-4,7H2,1H3,(H2,13,14)/t8-/m1/s1. The summed E-state index contributed by atoms with van der Waals surface area (Å²) in [6.07, 6.45) is 3.45. The molecule has 0 aliphatic carbocycles. The van der Waals surface area contributed by atoms with Gasteiger partial charge >= 0.3 is 0 Å². The molecule has 0 saturated carbocycles. The molecule has 1 aromatic heterocycles. The van der Waals surface area contributed by atoms with E-state index in [4.69, 9.17) is 5.73 Å². The third kappa shape index (κ3) is 2.67. The largest absolute Gasteiger partial charge is 0.383 e. The van der Waals surface area contributed by atoms with Gasteiger partial charge in [0.2, 0.25) is 10.0 Å². The van der Waals surface area contributed by atoms with Crippen LogP contribution in [0.15, 0.2) is 21.6 Å². The van der Waals surface area contributed by atoms with Gasteiger partial charge in [0.05, 0.1) is 0 Å². The Balaban J connectivity index is 2.38. The number of nitrogen functional groups attached to an aromatic ring is 1. The molecule has 0 bridgehead atoms. The molecule has 0 aromatic carbocycles. The van der Waals surface area contributed by atoms with Crippen LogP contribution in [0.4, 0.5) is 5.82 Å². The van der Waals surface area contributed by atoms with Crippen molar-refractivity contribution in [2.24, 2.45) is 5.92 Å². The first-order valence-corrected chi connectivity index (χ1v) is 8.05. The fraction of sp³-hybridized carbons (Fsp3) is 0.545. The molecule has 1 saturated heterocycles. The van der Waals surface area contributed by atoms with Gasteiger partial charge in [-0.1, -0.05) is 6.92 Å². The predicted molar refractivity (Wildman–Crippen MR) is 73.5 cm³/mol. The number of aromatic nitrogens is 1. The molecule has 1 aliphatic rings. The van der Waals surface area contributed by atoms with Crippen LogP contribution in [-0.2, 0) is 10.0 Å². The summed E-state index contributed by atoms with van der Waals surface area (Å²) in [4.78, 5) is 3.97. The van der Waals surface area contributed by atoms with Gasteiger partial charge in [-0.05, 0) is 40.8 Å². The van der Waals surface area contributed by atoms with E-state index < -0.39 is 10.0 Å². The van der Waals surface area contributed by atoms with E-state index in [-0.39, 0.29) is 10.7 Å². The van der Waals surface area contributed by atoms with Crippen molar-refractivity contribution >= 4 is 31.8 Å². The van der Waals surface area contributed by atoms with Gasteiger partial charge in [-0.3, -0.25) is 0 Å². The van der Waals surface area contributed by atoms with Crippen LogP contribution in [0.2, 0.25) is 0 Å². The van der Waals surface area contributed by atoms with E-state index in [0.29, 0.717) is 23.5 Å². The Morgan fingerprint density at radius 1 is 1.56 bits per heavy atom. The zero-order valence-corrected chi connectivity index (χ0v) is 12.5. The smallest absolute Gasteiger partial charge is 0.246 e. The predicted octanol–water partition coefficient (Wildman–Crippen LogP) is 1.85. The maximum Gasteiger partial charge on any atom is 0.246 e. The van der Waals surface area contributed by atoms with Gasteiger partial charge in [0.25, 0.3) is 0 Å². The summed E-state index contributed by atoms with van der Waals surface area (Å²) in [5.41, 5.74) is 5.68. The molecule has 1 atom stereocenters. The summed E-state index contributed by atoms with van der Waals surface area (Å²) in [5, 5.41) is 0. The highest BCUT2D eigenvalue weighted by molar-refractivity contribution is 9.10. The van der Waals surface area contributed by atoms with Gasteiger partial charge < -0.3 is 5.73 Å². The lowest BCUT2D eigenvalue weighted by Gasteiger charge is -2.30. The second-order valence-electron chi connectivity index (χ2n) is 4.65.